The minimum Gasteiger partial charge on any atom is -0.435 e. The lowest BCUT2D eigenvalue weighted by Gasteiger charge is -2.29. The van der Waals surface area contributed by atoms with Gasteiger partial charge in [-0.3, -0.25) is 4.58 Å². The average molecular weight is 468 g/mol. The van der Waals surface area contributed by atoms with Crippen molar-refractivity contribution < 1.29 is 23.2 Å². The Labute approximate surface area is 180 Å². The van der Waals surface area contributed by atoms with Crippen LogP contribution in [0, 0.1) is 6.92 Å². The number of anilines is 1. The Balaban J connectivity index is 0.00000240. The Morgan fingerprint density at radius 2 is 1.72 bits per heavy atom. The van der Waals surface area contributed by atoms with Crippen molar-refractivity contribution in [1.29, 1.82) is 0 Å². The topological polar surface area (TPSA) is 35.7 Å². The first-order chi connectivity index (χ1) is 13.5. The molecule has 4 rings (SSSR count). The molecule has 1 unspecified atom stereocenters. The lowest BCUT2D eigenvalue weighted by atomic mass is 9.99. The van der Waals surface area contributed by atoms with E-state index in [9.17, 15) is 13.9 Å². The first-order valence-electron chi connectivity index (χ1n) is 9.73. The monoisotopic (exact) mass is 467 g/mol. The number of amidine groups is 1. The molecular weight excluding hydrogens is 442 g/mol. The predicted octanol–water partition coefficient (Wildman–Crippen LogP) is 4.82. The number of ether oxygens (including phenoxy) is 1. The third-order valence-corrected chi connectivity index (χ3v) is 5.57. The molecule has 1 N–H and O–H groups in total. The maximum absolute atomic E-state index is 12.5. The highest BCUT2D eigenvalue weighted by Crippen LogP contribution is 2.38. The third kappa shape index (κ3) is 4.31. The molecule has 2 aromatic rings. The minimum absolute atomic E-state index is 0. The summed E-state index contributed by atoms with van der Waals surface area (Å²) in [6.45, 7) is 0.530. The van der Waals surface area contributed by atoms with Crippen LogP contribution in [0.1, 0.15) is 36.8 Å². The van der Waals surface area contributed by atoms with Crippen LogP contribution >= 0.6 is 17.0 Å². The van der Waals surface area contributed by atoms with Gasteiger partial charge >= 0.3 is 6.61 Å². The lowest BCUT2D eigenvalue weighted by molar-refractivity contribution is -0.534. The quantitative estimate of drug-likeness (QED) is 0.654. The van der Waals surface area contributed by atoms with Crippen LogP contribution in [0.5, 0.6) is 5.75 Å². The van der Waals surface area contributed by atoms with E-state index in [2.05, 4.69) is 9.31 Å². The summed E-state index contributed by atoms with van der Waals surface area (Å²) in [7, 11) is 0. The Bertz CT molecular complexity index is 871. The van der Waals surface area contributed by atoms with Crippen molar-refractivity contribution in [3.63, 3.8) is 0 Å². The summed E-state index contributed by atoms with van der Waals surface area (Å²) < 4.78 is 31.6. The van der Waals surface area contributed by atoms with E-state index in [1.54, 1.807) is 12.1 Å². The molecule has 0 saturated carbocycles. The van der Waals surface area contributed by atoms with Crippen LogP contribution in [0.15, 0.2) is 48.5 Å². The number of aryl methyl sites for hydroxylation is 1. The first-order valence-corrected chi connectivity index (χ1v) is 9.73. The van der Waals surface area contributed by atoms with Gasteiger partial charge in [0.15, 0.2) is 6.54 Å². The Kier molecular flexibility index (Phi) is 6.58. The molecule has 0 aliphatic carbocycles. The molecule has 0 radical (unpaired) electrons. The zero-order chi connectivity index (χ0) is 19.7. The molecule has 0 bridgehead atoms. The number of nitrogens with zero attached hydrogens (tertiary/aromatic N) is 2. The largest absolute Gasteiger partial charge is 0.435 e. The maximum atomic E-state index is 12.5. The maximum Gasteiger partial charge on any atom is 0.387 e. The first kappa shape index (κ1) is 21.7. The number of hydrogen-bond donors (Lipinski definition) is 1. The minimum atomic E-state index is -2.86. The lowest BCUT2D eigenvalue weighted by Crippen LogP contribution is -2.47. The zero-order valence-corrected chi connectivity index (χ0v) is 18.1. The van der Waals surface area contributed by atoms with Crippen molar-refractivity contribution >= 4 is 28.5 Å². The van der Waals surface area contributed by atoms with E-state index in [4.69, 9.17) is 0 Å². The molecule has 29 heavy (non-hydrogen) atoms. The smallest absolute Gasteiger partial charge is 0.387 e. The van der Waals surface area contributed by atoms with Crippen LogP contribution in [0.4, 0.5) is 14.5 Å². The summed E-state index contributed by atoms with van der Waals surface area (Å²) in [4.78, 5) is 2.01. The zero-order valence-electron chi connectivity index (χ0n) is 16.4. The summed E-state index contributed by atoms with van der Waals surface area (Å²) in [6.07, 6.45) is 4.27. The van der Waals surface area contributed by atoms with Crippen molar-refractivity contribution in [3.8, 4) is 5.75 Å². The van der Waals surface area contributed by atoms with Gasteiger partial charge < -0.3 is 9.84 Å². The highest BCUT2D eigenvalue weighted by molar-refractivity contribution is 8.93. The van der Waals surface area contributed by atoms with E-state index in [0.717, 1.165) is 42.9 Å². The highest BCUT2D eigenvalue weighted by atomic mass is 79.9. The SMILES string of the molecule is Br.Cc1ccc(N2C3=[N+](CCCCC3)CC2(O)c2ccc(OC(F)F)cc2)cc1. The van der Waals surface area contributed by atoms with Gasteiger partial charge in [0.2, 0.25) is 0 Å². The van der Waals surface area contributed by atoms with Crippen molar-refractivity contribution in [1.82, 2.24) is 0 Å². The molecule has 2 heterocycles. The Morgan fingerprint density at radius 3 is 2.38 bits per heavy atom. The summed E-state index contributed by atoms with van der Waals surface area (Å²) >= 11 is 0. The number of aliphatic hydroxyl groups is 1. The highest BCUT2D eigenvalue weighted by Gasteiger charge is 2.54. The molecule has 0 fully saturated rings. The molecular formula is C22H26BrF2N2O2+. The van der Waals surface area contributed by atoms with Crippen LogP contribution in [-0.4, -0.2) is 35.2 Å². The van der Waals surface area contributed by atoms with Gasteiger partial charge in [0.1, 0.15) is 11.4 Å². The van der Waals surface area contributed by atoms with Gasteiger partial charge in [0.25, 0.3) is 11.6 Å². The molecule has 0 saturated heterocycles. The second-order valence-corrected chi connectivity index (χ2v) is 7.54. The Morgan fingerprint density at radius 1 is 1.03 bits per heavy atom. The van der Waals surface area contributed by atoms with Crippen LogP contribution in [0.25, 0.3) is 0 Å². The molecule has 0 amide bonds. The summed E-state index contributed by atoms with van der Waals surface area (Å²) in [5.74, 6) is 1.21. The third-order valence-electron chi connectivity index (χ3n) is 5.57. The average Bonchev–Trinajstić information content (AvgIpc) is 2.79. The van der Waals surface area contributed by atoms with Crippen LogP contribution in [0.2, 0.25) is 0 Å². The fourth-order valence-corrected chi connectivity index (χ4v) is 4.20. The van der Waals surface area contributed by atoms with Crippen molar-refractivity contribution in [2.45, 2.75) is 44.9 Å². The molecule has 0 spiro atoms. The van der Waals surface area contributed by atoms with E-state index in [-0.39, 0.29) is 22.7 Å². The number of alkyl halides is 2. The standard InChI is InChI=1S/C22H25F2N2O2.BrH/c1-16-6-10-18(11-7-16)26-20-5-3-2-4-14-25(20)15-22(26,27)17-8-12-19(13-9-17)28-21(23)24;/h6-13,21,27H,2-5,14-15H2,1H3;1H/q+1;. The second-order valence-electron chi connectivity index (χ2n) is 7.54. The van der Waals surface area contributed by atoms with Crippen molar-refractivity contribution in [2.24, 2.45) is 0 Å². The summed E-state index contributed by atoms with van der Waals surface area (Å²) in [6, 6.07) is 14.4. The van der Waals surface area contributed by atoms with Crippen molar-refractivity contribution in [3.05, 3.63) is 59.7 Å². The van der Waals surface area contributed by atoms with Crippen LogP contribution in [-0.2, 0) is 5.72 Å². The molecule has 4 nitrogen and oxygen atoms in total. The second kappa shape index (κ2) is 8.79. The molecule has 2 aliphatic rings. The van der Waals surface area contributed by atoms with E-state index in [1.165, 1.54) is 18.6 Å². The van der Waals surface area contributed by atoms with Crippen LogP contribution < -0.4 is 9.64 Å². The molecule has 1 atom stereocenters. The van der Waals surface area contributed by atoms with Gasteiger partial charge in [0, 0.05) is 12.0 Å². The van der Waals surface area contributed by atoms with Gasteiger partial charge in [-0.05, 0) is 62.6 Å². The normalized spacial score (nSPS) is 21.6. The molecule has 2 aromatic carbocycles. The number of halogens is 3. The van der Waals surface area contributed by atoms with Crippen LogP contribution in [0.3, 0.4) is 0 Å². The van der Waals surface area contributed by atoms with E-state index in [1.807, 2.05) is 36.1 Å². The molecule has 0 aromatic heterocycles. The predicted molar refractivity (Wildman–Crippen MR) is 114 cm³/mol. The van der Waals surface area contributed by atoms with E-state index >= 15 is 0 Å². The van der Waals surface area contributed by atoms with Gasteiger partial charge in [-0.1, -0.05) is 17.7 Å². The van der Waals surface area contributed by atoms with Crippen molar-refractivity contribution in [2.75, 3.05) is 18.0 Å². The molecule has 2 aliphatic heterocycles. The van der Waals surface area contributed by atoms with Gasteiger partial charge in [-0.2, -0.15) is 13.7 Å². The number of rotatable bonds is 4. The van der Waals surface area contributed by atoms with E-state index in [0.29, 0.717) is 12.1 Å². The molecule has 7 heteroatoms. The number of benzene rings is 2. The summed E-state index contributed by atoms with van der Waals surface area (Å²) in [5.41, 5.74) is 1.49. The van der Waals surface area contributed by atoms with Gasteiger partial charge in [-0.15, -0.1) is 17.0 Å². The van der Waals surface area contributed by atoms with E-state index < -0.39 is 12.3 Å². The fourth-order valence-electron chi connectivity index (χ4n) is 4.20. The van der Waals surface area contributed by atoms with Gasteiger partial charge in [0.05, 0.1) is 6.54 Å². The molecule has 156 valence electrons. The summed E-state index contributed by atoms with van der Waals surface area (Å²) in [5, 5.41) is 11.8. The fraction of sp³-hybridized carbons (Fsp3) is 0.409. The Hall–Kier alpha value is -1.99. The van der Waals surface area contributed by atoms with Gasteiger partial charge in [-0.25, -0.2) is 0 Å². The number of hydrogen-bond acceptors (Lipinski definition) is 3.